The smallest absolute Gasteiger partial charge is 0.287 e. The normalized spacial score (nSPS) is 12.4. The molecule has 4 rings (SSSR count). The number of nitrogens with zero attached hydrogens (tertiary/aromatic N) is 1. The molecule has 6 heteroatoms. The Kier molecular flexibility index (Phi) is 4.74. The molecule has 0 spiro atoms. The van der Waals surface area contributed by atoms with E-state index in [4.69, 9.17) is 9.15 Å². The van der Waals surface area contributed by atoms with Crippen LogP contribution in [0.5, 0.6) is 5.75 Å². The van der Waals surface area contributed by atoms with Crippen LogP contribution < -0.4 is 10.1 Å². The topological polar surface area (TPSA) is 64.4 Å². The first-order valence-corrected chi connectivity index (χ1v) is 9.97. The summed E-state index contributed by atoms with van der Waals surface area (Å²) in [7, 11) is 0. The Morgan fingerprint density at radius 1 is 1.33 bits per heavy atom. The maximum atomic E-state index is 12.7. The van der Waals surface area contributed by atoms with E-state index in [-0.39, 0.29) is 5.91 Å². The number of aryl methyl sites for hydroxylation is 3. The standard InChI is InChI=1S/C21H22N2O3S/c1-4-25-15-7-5-6-14(10-15)11-22-21(24)20-12(2)18-16(26-20)8-9-17-19(18)23-13(3)27-17/h5-7,10H,4,8-9,11H2,1-3H3,(H,22,24). The predicted octanol–water partition coefficient (Wildman–Crippen LogP) is 4.45. The van der Waals surface area contributed by atoms with Crippen molar-refractivity contribution in [2.75, 3.05) is 6.61 Å². The lowest BCUT2D eigenvalue weighted by atomic mass is 9.97. The van der Waals surface area contributed by atoms with Crippen LogP contribution in [-0.2, 0) is 19.4 Å². The van der Waals surface area contributed by atoms with Crippen LogP contribution in [0.3, 0.4) is 0 Å². The second-order valence-corrected chi connectivity index (χ2v) is 7.91. The summed E-state index contributed by atoms with van der Waals surface area (Å²) in [6, 6.07) is 7.74. The fourth-order valence-electron chi connectivity index (χ4n) is 3.51. The fraction of sp³-hybridized carbons (Fsp3) is 0.333. The molecule has 0 saturated carbocycles. The second kappa shape index (κ2) is 7.19. The van der Waals surface area contributed by atoms with Crippen LogP contribution in [0.15, 0.2) is 28.7 Å². The number of carbonyl (C=O) groups is 1. The van der Waals surface area contributed by atoms with E-state index in [0.717, 1.165) is 51.7 Å². The average molecular weight is 382 g/mol. The fourth-order valence-corrected chi connectivity index (χ4v) is 4.45. The summed E-state index contributed by atoms with van der Waals surface area (Å²) in [5.74, 6) is 1.87. The Balaban J connectivity index is 1.54. The van der Waals surface area contributed by atoms with Crippen molar-refractivity contribution in [3.05, 3.63) is 56.8 Å². The zero-order valence-corrected chi connectivity index (χ0v) is 16.5. The summed E-state index contributed by atoms with van der Waals surface area (Å²) in [5.41, 5.74) is 3.85. The van der Waals surface area contributed by atoms with Crippen molar-refractivity contribution in [3.8, 4) is 17.0 Å². The maximum Gasteiger partial charge on any atom is 0.287 e. The molecule has 2 heterocycles. The Morgan fingerprint density at radius 3 is 3.00 bits per heavy atom. The van der Waals surface area contributed by atoms with Crippen molar-refractivity contribution in [2.24, 2.45) is 0 Å². The van der Waals surface area contributed by atoms with Crippen molar-refractivity contribution >= 4 is 17.2 Å². The van der Waals surface area contributed by atoms with E-state index in [1.807, 2.05) is 45.0 Å². The van der Waals surface area contributed by atoms with Gasteiger partial charge >= 0.3 is 0 Å². The Hall–Kier alpha value is -2.60. The average Bonchev–Trinajstić information content (AvgIpc) is 3.19. The Morgan fingerprint density at radius 2 is 2.19 bits per heavy atom. The number of hydrogen-bond donors (Lipinski definition) is 1. The minimum atomic E-state index is -0.197. The van der Waals surface area contributed by atoms with Gasteiger partial charge in [0.05, 0.1) is 17.3 Å². The third-order valence-corrected chi connectivity index (χ3v) is 5.74. The molecule has 0 aliphatic heterocycles. The molecule has 1 N–H and O–H groups in total. The summed E-state index contributed by atoms with van der Waals surface area (Å²) in [6.45, 7) is 6.95. The highest BCUT2D eigenvalue weighted by Gasteiger charge is 2.29. The molecule has 0 fully saturated rings. The molecule has 3 aromatic rings. The van der Waals surface area contributed by atoms with Crippen molar-refractivity contribution < 1.29 is 13.9 Å². The van der Waals surface area contributed by atoms with Gasteiger partial charge < -0.3 is 14.5 Å². The van der Waals surface area contributed by atoms with Crippen LogP contribution in [-0.4, -0.2) is 17.5 Å². The lowest BCUT2D eigenvalue weighted by Gasteiger charge is -2.09. The molecule has 0 bridgehead atoms. The van der Waals surface area contributed by atoms with Gasteiger partial charge in [0.2, 0.25) is 0 Å². The third-order valence-electron chi connectivity index (χ3n) is 4.71. The van der Waals surface area contributed by atoms with Gasteiger partial charge in [-0.15, -0.1) is 11.3 Å². The van der Waals surface area contributed by atoms with Crippen LogP contribution >= 0.6 is 11.3 Å². The Bertz CT molecular complexity index is 1000. The predicted molar refractivity (Wildman–Crippen MR) is 105 cm³/mol. The van der Waals surface area contributed by atoms with E-state index < -0.39 is 0 Å². The van der Waals surface area contributed by atoms with E-state index in [9.17, 15) is 4.79 Å². The number of carbonyl (C=O) groups excluding carboxylic acids is 1. The molecule has 0 unspecified atom stereocenters. The number of rotatable bonds is 5. The number of hydrogen-bond acceptors (Lipinski definition) is 5. The Labute approximate surface area is 162 Å². The molecule has 1 amide bonds. The highest BCUT2D eigenvalue weighted by Crippen LogP contribution is 2.40. The molecule has 1 aliphatic carbocycles. The minimum Gasteiger partial charge on any atom is -0.494 e. The number of ether oxygens (including phenoxy) is 1. The number of furan rings is 1. The molecule has 2 aromatic heterocycles. The molecule has 0 radical (unpaired) electrons. The number of fused-ring (bicyclic) bond motifs is 3. The molecule has 5 nitrogen and oxygen atoms in total. The van der Waals surface area contributed by atoms with E-state index in [2.05, 4.69) is 10.3 Å². The molecule has 0 atom stereocenters. The molecule has 27 heavy (non-hydrogen) atoms. The van der Waals surface area contributed by atoms with Gasteiger partial charge in [-0.25, -0.2) is 4.98 Å². The van der Waals surface area contributed by atoms with Crippen LogP contribution in [0, 0.1) is 13.8 Å². The third kappa shape index (κ3) is 3.37. The van der Waals surface area contributed by atoms with Crippen molar-refractivity contribution in [1.29, 1.82) is 0 Å². The summed E-state index contributed by atoms with van der Waals surface area (Å²) < 4.78 is 11.5. The SMILES string of the molecule is CCOc1cccc(CNC(=O)c2oc3c(c2C)-c2nc(C)sc2CC3)c1. The number of aromatic nitrogens is 1. The van der Waals surface area contributed by atoms with Gasteiger partial charge in [0.1, 0.15) is 11.5 Å². The summed E-state index contributed by atoms with van der Waals surface area (Å²) in [5, 5.41) is 4.01. The van der Waals surface area contributed by atoms with Gasteiger partial charge in [0.25, 0.3) is 5.91 Å². The summed E-state index contributed by atoms with van der Waals surface area (Å²) in [6.07, 6.45) is 1.74. The van der Waals surface area contributed by atoms with Crippen LogP contribution in [0.25, 0.3) is 11.3 Å². The highest BCUT2D eigenvalue weighted by atomic mass is 32.1. The van der Waals surface area contributed by atoms with Gasteiger partial charge in [-0.05, 0) is 44.9 Å². The largest absolute Gasteiger partial charge is 0.494 e. The zero-order chi connectivity index (χ0) is 19.0. The van der Waals surface area contributed by atoms with E-state index >= 15 is 0 Å². The van der Waals surface area contributed by atoms with Gasteiger partial charge in [0.15, 0.2) is 5.76 Å². The molecule has 140 valence electrons. The summed E-state index contributed by atoms with van der Waals surface area (Å²) >= 11 is 1.73. The molecular formula is C21H22N2O3S. The van der Waals surface area contributed by atoms with E-state index in [1.54, 1.807) is 11.3 Å². The van der Waals surface area contributed by atoms with Gasteiger partial charge in [-0.1, -0.05) is 12.1 Å². The van der Waals surface area contributed by atoms with Crippen molar-refractivity contribution in [3.63, 3.8) is 0 Å². The van der Waals surface area contributed by atoms with Crippen LogP contribution in [0.1, 0.15) is 44.3 Å². The monoisotopic (exact) mass is 382 g/mol. The van der Waals surface area contributed by atoms with Gasteiger partial charge in [0, 0.05) is 29.0 Å². The number of benzene rings is 1. The van der Waals surface area contributed by atoms with Crippen LogP contribution in [0.4, 0.5) is 0 Å². The molecule has 0 saturated heterocycles. The quantitative estimate of drug-likeness (QED) is 0.708. The lowest BCUT2D eigenvalue weighted by Crippen LogP contribution is -2.23. The number of thiazole rings is 1. The van der Waals surface area contributed by atoms with E-state index in [1.165, 1.54) is 4.88 Å². The first-order chi connectivity index (χ1) is 13.1. The maximum absolute atomic E-state index is 12.7. The molecule has 1 aromatic carbocycles. The van der Waals surface area contributed by atoms with Crippen molar-refractivity contribution in [2.45, 2.75) is 40.2 Å². The number of amides is 1. The molecule has 1 aliphatic rings. The molecular weight excluding hydrogens is 360 g/mol. The van der Waals surface area contributed by atoms with Crippen LogP contribution in [0.2, 0.25) is 0 Å². The second-order valence-electron chi connectivity index (χ2n) is 6.62. The first-order valence-electron chi connectivity index (χ1n) is 9.15. The van der Waals surface area contributed by atoms with E-state index in [0.29, 0.717) is 18.9 Å². The summed E-state index contributed by atoms with van der Waals surface area (Å²) in [4.78, 5) is 18.7. The zero-order valence-electron chi connectivity index (χ0n) is 15.7. The lowest BCUT2D eigenvalue weighted by molar-refractivity contribution is 0.0920. The number of nitrogens with one attached hydrogen (secondary N) is 1. The van der Waals surface area contributed by atoms with Crippen molar-refractivity contribution in [1.82, 2.24) is 10.3 Å². The highest BCUT2D eigenvalue weighted by molar-refractivity contribution is 7.12. The first kappa shape index (κ1) is 17.8. The van der Waals surface area contributed by atoms with Gasteiger partial charge in [-0.2, -0.15) is 0 Å². The van der Waals surface area contributed by atoms with Gasteiger partial charge in [-0.3, -0.25) is 4.79 Å². The minimum absolute atomic E-state index is 0.197.